The Labute approximate surface area is 118 Å². The molecule has 0 saturated heterocycles. The van der Waals surface area contributed by atoms with E-state index in [-0.39, 0.29) is 17.6 Å². The van der Waals surface area contributed by atoms with E-state index in [2.05, 4.69) is 5.43 Å². The van der Waals surface area contributed by atoms with Crippen molar-refractivity contribution in [3.63, 3.8) is 0 Å². The first-order chi connectivity index (χ1) is 9.67. The quantitative estimate of drug-likeness (QED) is 0.651. The summed E-state index contributed by atoms with van der Waals surface area (Å²) in [5, 5.41) is 0. The summed E-state index contributed by atoms with van der Waals surface area (Å²) >= 11 is 0. The molecule has 106 valence electrons. The number of rotatable bonds is 5. The van der Waals surface area contributed by atoms with Gasteiger partial charge in [-0.1, -0.05) is 36.4 Å². The molecular weight excluding hydrogens is 255 g/mol. The molecule has 0 spiro atoms. The molecule has 0 saturated carbocycles. The highest BCUT2D eigenvalue weighted by molar-refractivity contribution is 5.34. The van der Waals surface area contributed by atoms with Gasteiger partial charge in [-0.25, -0.2) is 4.39 Å². The summed E-state index contributed by atoms with van der Waals surface area (Å²) in [4.78, 5) is 0. The third kappa shape index (κ3) is 2.98. The Kier molecular flexibility index (Phi) is 4.71. The zero-order valence-electron chi connectivity index (χ0n) is 11.7. The van der Waals surface area contributed by atoms with Gasteiger partial charge >= 0.3 is 0 Å². The minimum Gasteiger partial charge on any atom is -0.494 e. The fourth-order valence-electron chi connectivity index (χ4n) is 2.33. The lowest BCUT2D eigenvalue weighted by molar-refractivity contribution is 0.382. The van der Waals surface area contributed by atoms with Crippen molar-refractivity contribution in [1.29, 1.82) is 0 Å². The number of hydrazine groups is 1. The van der Waals surface area contributed by atoms with Crippen LogP contribution in [-0.4, -0.2) is 7.11 Å². The van der Waals surface area contributed by atoms with Gasteiger partial charge in [-0.2, -0.15) is 0 Å². The zero-order valence-corrected chi connectivity index (χ0v) is 11.7. The molecule has 3 N–H and O–H groups in total. The number of hydrogen-bond donors (Lipinski definition) is 2. The lowest BCUT2D eigenvalue weighted by Gasteiger charge is -2.19. The van der Waals surface area contributed by atoms with Gasteiger partial charge in [0.1, 0.15) is 0 Å². The number of benzene rings is 2. The van der Waals surface area contributed by atoms with E-state index in [0.717, 1.165) is 11.1 Å². The van der Waals surface area contributed by atoms with Crippen LogP contribution in [0.25, 0.3) is 0 Å². The van der Waals surface area contributed by atoms with Crippen LogP contribution in [0.15, 0.2) is 42.5 Å². The summed E-state index contributed by atoms with van der Waals surface area (Å²) in [5.74, 6) is 5.56. The molecule has 1 unspecified atom stereocenters. The van der Waals surface area contributed by atoms with Crippen molar-refractivity contribution in [2.45, 2.75) is 19.4 Å². The molecule has 0 amide bonds. The van der Waals surface area contributed by atoms with Gasteiger partial charge in [0.2, 0.25) is 0 Å². The largest absolute Gasteiger partial charge is 0.494 e. The number of nitrogens with one attached hydrogen (secondary N) is 1. The first kappa shape index (κ1) is 14.5. The second-order valence-corrected chi connectivity index (χ2v) is 4.71. The molecule has 0 aliphatic rings. The Morgan fingerprint density at radius 1 is 1.20 bits per heavy atom. The predicted octanol–water partition coefficient (Wildman–Crippen LogP) is 2.89. The first-order valence-corrected chi connectivity index (χ1v) is 6.50. The lowest BCUT2D eigenvalue weighted by Crippen LogP contribution is -2.30. The Morgan fingerprint density at radius 2 is 1.95 bits per heavy atom. The minimum atomic E-state index is -0.330. The van der Waals surface area contributed by atoms with Crippen molar-refractivity contribution in [3.8, 4) is 5.75 Å². The van der Waals surface area contributed by atoms with Crippen LogP contribution >= 0.6 is 0 Å². The molecule has 0 bridgehead atoms. The van der Waals surface area contributed by atoms with Gasteiger partial charge in [-0.3, -0.25) is 11.3 Å². The Bertz CT molecular complexity index is 586. The Balaban J connectivity index is 2.30. The number of aryl methyl sites for hydroxylation is 1. The van der Waals surface area contributed by atoms with Crippen LogP contribution in [0, 0.1) is 12.7 Å². The SMILES string of the molecule is COc1cccc(CC(NN)c2ccccc2C)c1F. The molecule has 0 aliphatic carbocycles. The van der Waals surface area contributed by atoms with E-state index in [4.69, 9.17) is 10.6 Å². The zero-order chi connectivity index (χ0) is 14.5. The van der Waals surface area contributed by atoms with E-state index in [1.165, 1.54) is 7.11 Å². The molecule has 2 rings (SSSR count). The smallest absolute Gasteiger partial charge is 0.168 e. The molecule has 4 heteroatoms. The number of halogens is 1. The predicted molar refractivity (Wildman–Crippen MR) is 77.9 cm³/mol. The Hall–Kier alpha value is -1.91. The average molecular weight is 274 g/mol. The van der Waals surface area contributed by atoms with Gasteiger partial charge < -0.3 is 4.74 Å². The highest BCUT2D eigenvalue weighted by Crippen LogP contribution is 2.26. The van der Waals surface area contributed by atoms with Crippen LogP contribution in [0.5, 0.6) is 5.75 Å². The summed E-state index contributed by atoms with van der Waals surface area (Å²) in [5.41, 5.74) is 5.53. The standard InChI is InChI=1S/C16H19FN2O/c1-11-6-3-4-8-13(11)14(19-18)10-12-7-5-9-15(20-2)16(12)17/h3-9,14,19H,10,18H2,1-2H3. The molecule has 3 nitrogen and oxygen atoms in total. The molecule has 0 aliphatic heterocycles. The fraction of sp³-hybridized carbons (Fsp3) is 0.250. The molecular formula is C16H19FN2O. The van der Waals surface area contributed by atoms with E-state index < -0.39 is 0 Å². The highest BCUT2D eigenvalue weighted by Gasteiger charge is 2.16. The van der Waals surface area contributed by atoms with Crippen LogP contribution in [-0.2, 0) is 6.42 Å². The summed E-state index contributed by atoms with van der Waals surface area (Å²) in [6, 6.07) is 12.9. The molecule has 20 heavy (non-hydrogen) atoms. The summed E-state index contributed by atoms with van der Waals surface area (Å²) in [6.07, 6.45) is 0.463. The lowest BCUT2D eigenvalue weighted by atomic mass is 9.95. The molecule has 2 aromatic carbocycles. The van der Waals surface area contributed by atoms with E-state index in [1.54, 1.807) is 18.2 Å². The van der Waals surface area contributed by atoms with Gasteiger partial charge in [0.15, 0.2) is 11.6 Å². The minimum absolute atomic E-state index is 0.141. The van der Waals surface area contributed by atoms with Crippen LogP contribution in [0.4, 0.5) is 4.39 Å². The maximum Gasteiger partial charge on any atom is 0.168 e. The van der Waals surface area contributed by atoms with Crippen LogP contribution in [0.2, 0.25) is 0 Å². The number of hydrogen-bond acceptors (Lipinski definition) is 3. The van der Waals surface area contributed by atoms with Crippen molar-refractivity contribution in [3.05, 3.63) is 65.0 Å². The van der Waals surface area contributed by atoms with Crippen molar-refractivity contribution < 1.29 is 9.13 Å². The molecule has 0 heterocycles. The number of nitrogens with two attached hydrogens (primary N) is 1. The fourth-order valence-corrected chi connectivity index (χ4v) is 2.33. The third-order valence-corrected chi connectivity index (χ3v) is 3.45. The topological polar surface area (TPSA) is 47.3 Å². The maximum atomic E-state index is 14.2. The maximum absolute atomic E-state index is 14.2. The van der Waals surface area contributed by atoms with Gasteiger partial charge in [0, 0.05) is 0 Å². The van der Waals surface area contributed by atoms with Crippen LogP contribution < -0.4 is 16.0 Å². The van der Waals surface area contributed by atoms with E-state index >= 15 is 0 Å². The van der Waals surface area contributed by atoms with Gasteiger partial charge in [0.05, 0.1) is 13.2 Å². The second-order valence-electron chi connectivity index (χ2n) is 4.71. The monoisotopic (exact) mass is 274 g/mol. The van der Waals surface area contributed by atoms with Crippen molar-refractivity contribution in [2.24, 2.45) is 5.84 Å². The number of methoxy groups -OCH3 is 1. The summed E-state index contributed by atoms with van der Waals surface area (Å²) < 4.78 is 19.2. The highest BCUT2D eigenvalue weighted by atomic mass is 19.1. The Morgan fingerprint density at radius 3 is 2.60 bits per heavy atom. The average Bonchev–Trinajstić information content (AvgIpc) is 2.47. The van der Waals surface area contributed by atoms with Crippen LogP contribution in [0.3, 0.4) is 0 Å². The summed E-state index contributed by atoms with van der Waals surface area (Å²) in [7, 11) is 1.46. The van der Waals surface area contributed by atoms with Crippen molar-refractivity contribution in [2.75, 3.05) is 7.11 Å². The van der Waals surface area contributed by atoms with Crippen molar-refractivity contribution >= 4 is 0 Å². The van der Waals surface area contributed by atoms with E-state index in [0.29, 0.717) is 12.0 Å². The van der Waals surface area contributed by atoms with Gasteiger partial charge in [-0.15, -0.1) is 0 Å². The molecule has 0 radical (unpaired) electrons. The second kappa shape index (κ2) is 6.50. The third-order valence-electron chi connectivity index (χ3n) is 3.45. The van der Waals surface area contributed by atoms with E-state index in [9.17, 15) is 4.39 Å². The van der Waals surface area contributed by atoms with Crippen LogP contribution in [0.1, 0.15) is 22.7 Å². The molecule has 1 atom stereocenters. The van der Waals surface area contributed by atoms with Gasteiger partial charge in [-0.05, 0) is 36.1 Å². The normalized spacial score (nSPS) is 12.2. The number of ether oxygens (including phenoxy) is 1. The molecule has 2 aromatic rings. The molecule has 0 aromatic heterocycles. The van der Waals surface area contributed by atoms with Crippen molar-refractivity contribution in [1.82, 2.24) is 5.43 Å². The van der Waals surface area contributed by atoms with Gasteiger partial charge in [0.25, 0.3) is 0 Å². The molecule has 0 fully saturated rings. The van der Waals surface area contributed by atoms with E-state index in [1.807, 2.05) is 31.2 Å². The summed E-state index contributed by atoms with van der Waals surface area (Å²) in [6.45, 7) is 2.02. The first-order valence-electron chi connectivity index (χ1n) is 6.50.